The summed E-state index contributed by atoms with van der Waals surface area (Å²) < 4.78 is 70.8. The van der Waals surface area contributed by atoms with Gasteiger partial charge in [0.2, 0.25) is 0 Å². The fourth-order valence-corrected chi connectivity index (χ4v) is 5.51. The molecule has 0 bridgehead atoms. The van der Waals surface area contributed by atoms with Gasteiger partial charge >= 0.3 is 6.03 Å². The number of benzene rings is 2. The molecular formula is C28H33F5N4O. The summed E-state index contributed by atoms with van der Waals surface area (Å²) in [5.41, 5.74) is 5.33. The van der Waals surface area contributed by atoms with E-state index in [9.17, 15) is 22.4 Å². The Hall–Kier alpha value is -2.98. The molecule has 0 radical (unpaired) electrons. The molecule has 2 aromatic rings. The number of urea groups is 1. The van der Waals surface area contributed by atoms with Crippen LogP contribution in [0.5, 0.6) is 0 Å². The highest BCUT2D eigenvalue weighted by Crippen LogP contribution is 2.45. The average molecular weight is 537 g/mol. The van der Waals surface area contributed by atoms with Crippen LogP contribution in [0.3, 0.4) is 0 Å². The summed E-state index contributed by atoms with van der Waals surface area (Å²) in [7, 11) is 3.33. The summed E-state index contributed by atoms with van der Waals surface area (Å²) in [6.45, 7) is 0.660. The first-order chi connectivity index (χ1) is 18.0. The Bertz CT molecular complexity index is 1160. The molecule has 2 amide bonds. The van der Waals surface area contributed by atoms with Crippen molar-refractivity contribution in [2.75, 3.05) is 33.7 Å². The SMILES string of the molecule is CN1CCC(N(C)C(=O)N2CC(c3cc(F)ccc3F)=C[C@@]2(CCC(N)C(F)F)c2ccccc2)C(F)C1. The lowest BCUT2D eigenvalue weighted by molar-refractivity contribution is 0.0486. The largest absolute Gasteiger partial charge is 0.323 e. The lowest BCUT2D eigenvalue weighted by Crippen LogP contribution is -2.57. The fraction of sp³-hybridized carbons (Fsp3) is 0.464. The van der Waals surface area contributed by atoms with E-state index in [1.807, 2.05) is 11.9 Å². The van der Waals surface area contributed by atoms with Crippen molar-refractivity contribution in [1.82, 2.24) is 14.7 Å². The number of nitrogens with zero attached hydrogens (tertiary/aromatic N) is 3. The lowest BCUT2D eigenvalue weighted by Gasteiger charge is -2.44. The van der Waals surface area contributed by atoms with E-state index in [0.29, 0.717) is 24.1 Å². The third-order valence-corrected chi connectivity index (χ3v) is 7.69. The van der Waals surface area contributed by atoms with Crippen molar-refractivity contribution in [2.24, 2.45) is 5.73 Å². The van der Waals surface area contributed by atoms with E-state index in [2.05, 4.69) is 0 Å². The van der Waals surface area contributed by atoms with Gasteiger partial charge in [-0.25, -0.2) is 26.7 Å². The number of rotatable bonds is 7. The summed E-state index contributed by atoms with van der Waals surface area (Å²) >= 11 is 0. The predicted molar refractivity (Wildman–Crippen MR) is 136 cm³/mol. The molecule has 10 heteroatoms. The van der Waals surface area contributed by atoms with Crippen LogP contribution in [0.4, 0.5) is 26.7 Å². The number of piperidine rings is 1. The van der Waals surface area contributed by atoms with Crippen LogP contribution < -0.4 is 5.73 Å². The van der Waals surface area contributed by atoms with Crippen LogP contribution in [0.25, 0.3) is 5.57 Å². The molecule has 3 unspecified atom stereocenters. The number of alkyl halides is 3. The molecule has 0 aliphatic carbocycles. The van der Waals surface area contributed by atoms with E-state index < -0.39 is 47.9 Å². The van der Waals surface area contributed by atoms with E-state index in [4.69, 9.17) is 5.73 Å². The van der Waals surface area contributed by atoms with Crippen LogP contribution in [0.2, 0.25) is 0 Å². The monoisotopic (exact) mass is 536 g/mol. The molecule has 0 spiro atoms. The molecule has 1 fully saturated rings. The van der Waals surface area contributed by atoms with Gasteiger partial charge in [-0.05, 0) is 61.7 Å². The smallest absolute Gasteiger partial charge is 0.321 e. The second-order valence-corrected chi connectivity index (χ2v) is 10.2. The van der Waals surface area contributed by atoms with Gasteiger partial charge < -0.3 is 20.4 Å². The highest BCUT2D eigenvalue weighted by Gasteiger charge is 2.47. The van der Waals surface area contributed by atoms with Crippen LogP contribution in [0, 0.1) is 11.6 Å². The molecule has 2 aliphatic heterocycles. The maximum absolute atomic E-state index is 15.0. The van der Waals surface area contributed by atoms with E-state index in [0.717, 1.165) is 18.2 Å². The Balaban J connectivity index is 1.80. The van der Waals surface area contributed by atoms with E-state index in [-0.39, 0.29) is 31.5 Å². The van der Waals surface area contributed by atoms with Gasteiger partial charge in [-0.15, -0.1) is 0 Å². The Kier molecular flexibility index (Phi) is 8.42. The molecule has 206 valence electrons. The van der Waals surface area contributed by atoms with Crippen molar-refractivity contribution in [1.29, 1.82) is 0 Å². The Morgan fingerprint density at radius 3 is 2.55 bits per heavy atom. The van der Waals surface area contributed by atoms with E-state index in [1.54, 1.807) is 36.4 Å². The molecule has 5 nitrogen and oxygen atoms in total. The quantitative estimate of drug-likeness (QED) is 0.506. The summed E-state index contributed by atoms with van der Waals surface area (Å²) in [6.07, 6.45) is -2.12. The Morgan fingerprint density at radius 1 is 1.18 bits per heavy atom. The number of amides is 2. The summed E-state index contributed by atoms with van der Waals surface area (Å²) in [6, 6.07) is 9.17. The van der Waals surface area contributed by atoms with Crippen molar-refractivity contribution in [3.8, 4) is 0 Å². The molecule has 2 aromatic carbocycles. The first-order valence-corrected chi connectivity index (χ1v) is 12.7. The standard InChI is InChI=1S/C28H33F5N4O/c1-35-13-11-25(23(31)17-35)36(2)27(38)37-16-18(21-14-20(29)8-9-22(21)30)15-28(37,12-10-24(34)26(32)33)19-6-4-3-5-7-19/h3-9,14-15,23-26H,10-13,16-17,34H2,1-2H3/t23?,24?,25?,28-/m0/s1. The van der Waals surface area contributed by atoms with Crippen LogP contribution in [0.15, 0.2) is 54.6 Å². The molecule has 38 heavy (non-hydrogen) atoms. The van der Waals surface area contributed by atoms with Gasteiger partial charge in [-0.3, -0.25) is 0 Å². The topological polar surface area (TPSA) is 52.8 Å². The minimum Gasteiger partial charge on any atom is -0.323 e. The van der Waals surface area contributed by atoms with Gasteiger partial charge in [0.1, 0.15) is 17.8 Å². The normalized spacial score (nSPS) is 25.0. The van der Waals surface area contributed by atoms with Crippen molar-refractivity contribution in [3.05, 3.63) is 77.4 Å². The van der Waals surface area contributed by atoms with Crippen LogP contribution in [-0.4, -0.2) is 79.1 Å². The van der Waals surface area contributed by atoms with Crippen molar-refractivity contribution < 1.29 is 26.7 Å². The number of likely N-dealkylation sites (tertiary alicyclic amines) is 1. The highest BCUT2D eigenvalue weighted by atomic mass is 19.3. The number of hydrogen-bond donors (Lipinski definition) is 1. The average Bonchev–Trinajstić information content (AvgIpc) is 3.29. The Morgan fingerprint density at radius 2 is 1.89 bits per heavy atom. The van der Waals surface area contributed by atoms with Crippen molar-refractivity contribution in [2.45, 2.75) is 49.5 Å². The highest BCUT2D eigenvalue weighted by molar-refractivity contribution is 5.83. The molecule has 0 aromatic heterocycles. The number of halogens is 5. The second kappa shape index (κ2) is 11.4. The van der Waals surface area contributed by atoms with Crippen LogP contribution in [-0.2, 0) is 5.54 Å². The summed E-state index contributed by atoms with van der Waals surface area (Å²) in [5.74, 6) is -1.33. The van der Waals surface area contributed by atoms with Gasteiger partial charge in [-0.1, -0.05) is 30.3 Å². The second-order valence-electron chi connectivity index (χ2n) is 10.2. The fourth-order valence-electron chi connectivity index (χ4n) is 5.51. The molecule has 2 heterocycles. The molecule has 0 saturated carbocycles. The summed E-state index contributed by atoms with van der Waals surface area (Å²) in [4.78, 5) is 18.7. The first kappa shape index (κ1) is 28.0. The van der Waals surface area contributed by atoms with Crippen molar-refractivity contribution in [3.63, 3.8) is 0 Å². The zero-order valence-electron chi connectivity index (χ0n) is 21.5. The molecule has 1 saturated heterocycles. The minimum atomic E-state index is -2.77. The molecule has 2 N–H and O–H groups in total. The molecule has 4 rings (SSSR count). The summed E-state index contributed by atoms with van der Waals surface area (Å²) in [5, 5.41) is 0. The van der Waals surface area contributed by atoms with E-state index >= 15 is 4.39 Å². The van der Waals surface area contributed by atoms with Gasteiger partial charge in [0.25, 0.3) is 6.43 Å². The number of nitrogens with two attached hydrogens (primary N) is 1. The van der Waals surface area contributed by atoms with Gasteiger partial charge in [0.15, 0.2) is 0 Å². The molecule has 4 atom stereocenters. The predicted octanol–water partition coefficient (Wildman–Crippen LogP) is 5.03. The Labute approximate surface area is 219 Å². The third kappa shape index (κ3) is 5.56. The zero-order valence-corrected chi connectivity index (χ0v) is 21.5. The zero-order chi connectivity index (χ0) is 27.6. The maximum atomic E-state index is 15.0. The minimum absolute atomic E-state index is 0.00892. The number of carbonyl (C=O) groups is 1. The molecular weight excluding hydrogens is 503 g/mol. The third-order valence-electron chi connectivity index (χ3n) is 7.69. The van der Waals surface area contributed by atoms with Gasteiger partial charge in [0.05, 0.1) is 17.6 Å². The first-order valence-electron chi connectivity index (χ1n) is 12.7. The van der Waals surface area contributed by atoms with E-state index in [1.165, 1.54) is 16.8 Å². The van der Waals surface area contributed by atoms with Crippen LogP contribution >= 0.6 is 0 Å². The van der Waals surface area contributed by atoms with Crippen LogP contribution in [0.1, 0.15) is 30.4 Å². The number of carbonyl (C=O) groups excluding carboxylic acids is 1. The number of hydrogen-bond acceptors (Lipinski definition) is 3. The maximum Gasteiger partial charge on any atom is 0.321 e. The lowest BCUT2D eigenvalue weighted by atomic mass is 9.83. The van der Waals surface area contributed by atoms with Crippen molar-refractivity contribution >= 4 is 11.6 Å². The molecule has 2 aliphatic rings. The van der Waals surface area contributed by atoms with Gasteiger partial charge in [0, 0.05) is 32.2 Å². The van der Waals surface area contributed by atoms with Gasteiger partial charge in [-0.2, -0.15) is 0 Å².